The molecular weight excluding hydrogens is 692 g/mol. The molecule has 12 heteroatoms. The van der Waals surface area contributed by atoms with Crippen LogP contribution < -0.4 is 38.6 Å². The summed E-state index contributed by atoms with van der Waals surface area (Å²) in [7, 11) is 10.2. The molecule has 4 aromatic carbocycles. The number of hydrogen-bond donors (Lipinski definition) is 0. The molecule has 0 amide bonds. The molecule has 0 spiro atoms. The second-order valence-electron chi connectivity index (χ2n) is 15.0. The summed E-state index contributed by atoms with van der Waals surface area (Å²) >= 11 is 0. The molecule has 2 unspecified atom stereocenters. The smallest absolute Gasteiger partial charge is 0.204 e. The second kappa shape index (κ2) is 14.4. The van der Waals surface area contributed by atoms with Crippen molar-refractivity contribution in [3.8, 4) is 46.0 Å². The van der Waals surface area contributed by atoms with Crippen LogP contribution in [0.5, 0.6) is 46.0 Å². The number of nitrogens with zero attached hydrogens (tertiary/aromatic N) is 2. The van der Waals surface area contributed by atoms with Crippen LogP contribution in [0.3, 0.4) is 0 Å². The van der Waals surface area contributed by atoms with Crippen molar-refractivity contribution in [1.82, 2.24) is 0 Å². The monoisotopic (exact) mass is 738 g/mol. The fraction of sp³-hybridized carbons (Fsp3) is 0.381. The van der Waals surface area contributed by atoms with Crippen molar-refractivity contribution in [3.63, 3.8) is 0 Å². The number of carboxylic acid groups (broad SMARTS) is 2. The summed E-state index contributed by atoms with van der Waals surface area (Å²) in [5.74, 6) is 1.48. The van der Waals surface area contributed by atoms with Gasteiger partial charge in [0.15, 0.2) is 34.5 Å². The Bertz CT molecular complexity index is 2100. The zero-order chi connectivity index (χ0) is 38.4. The normalized spacial score (nSPS) is 22.7. The molecule has 4 aromatic rings. The van der Waals surface area contributed by atoms with Gasteiger partial charge < -0.3 is 57.2 Å². The number of fused-ring (bicyclic) bond motifs is 2. The van der Waals surface area contributed by atoms with E-state index in [2.05, 4.69) is 0 Å². The summed E-state index contributed by atoms with van der Waals surface area (Å²) in [6.07, 6.45) is 2.10. The Morgan fingerprint density at radius 3 is 1.87 bits per heavy atom. The molecule has 4 aliphatic heterocycles. The molecule has 6 bridgehead atoms. The van der Waals surface area contributed by atoms with Crippen LogP contribution in [0.1, 0.15) is 45.5 Å². The number of aliphatic carboxylic acids is 2. The lowest BCUT2D eigenvalue weighted by molar-refractivity contribution is -0.936. The molecule has 0 fully saturated rings. The molecule has 0 N–H and O–H groups in total. The fourth-order valence-electron chi connectivity index (χ4n) is 8.72. The lowest BCUT2D eigenvalue weighted by Crippen LogP contribution is -2.56. The number of carbonyl (C=O) groups is 2. The highest BCUT2D eigenvalue weighted by Gasteiger charge is 2.44. The van der Waals surface area contributed by atoms with E-state index in [9.17, 15) is 19.8 Å². The van der Waals surface area contributed by atoms with E-state index in [-0.39, 0.29) is 28.1 Å². The Labute approximate surface area is 315 Å². The number of carbonyl (C=O) groups excluding carboxylic acids is 2. The number of likely N-dealkylation sites (N-methyl/N-ethyl adjacent to an activating group) is 2. The summed E-state index contributed by atoms with van der Waals surface area (Å²) in [4.78, 5) is 24.6. The molecule has 0 aliphatic carbocycles. The van der Waals surface area contributed by atoms with Crippen LogP contribution in [-0.4, -0.2) is 89.6 Å². The van der Waals surface area contributed by atoms with Gasteiger partial charge >= 0.3 is 0 Å². The molecule has 0 saturated carbocycles. The summed E-state index contributed by atoms with van der Waals surface area (Å²) in [6.45, 7) is 0.700. The predicted molar refractivity (Wildman–Crippen MR) is 194 cm³/mol. The molecule has 0 saturated heterocycles. The first kappa shape index (κ1) is 36.9. The average Bonchev–Trinajstić information content (AvgIpc) is 3.13. The van der Waals surface area contributed by atoms with Gasteiger partial charge in [0.2, 0.25) is 5.75 Å². The molecule has 4 atom stereocenters. The third-order valence-corrected chi connectivity index (χ3v) is 11.6. The Morgan fingerprint density at radius 1 is 0.667 bits per heavy atom. The van der Waals surface area contributed by atoms with Gasteiger partial charge in [0, 0.05) is 31.2 Å². The fourth-order valence-corrected chi connectivity index (χ4v) is 8.72. The number of rotatable bonds is 8. The number of hydrogen-bond acceptors (Lipinski definition) is 10. The summed E-state index contributed by atoms with van der Waals surface area (Å²) in [6, 6.07) is 18.7. The number of carboxylic acids is 2. The van der Waals surface area contributed by atoms with Gasteiger partial charge in [-0.2, -0.15) is 0 Å². The van der Waals surface area contributed by atoms with E-state index in [0.29, 0.717) is 84.8 Å². The first-order valence-electron chi connectivity index (χ1n) is 18.1. The molecule has 284 valence electrons. The summed E-state index contributed by atoms with van der Waals surface area (Å²) in [5, 5.41) is 24.6. The first-order chi connectivity index (χ1) is 25.9. The predicted octanol–water partition coefficient (Wildman–Crippen LogP) is 3.69. The Kier molecular flexibility index (Phi) is 9.84. The number of methoxy groups -OCH3 is 4. The third-order valence-electron chi connectivity index (χ3n) is 11.6. The lowest BCUT2D eigenvalue weighted by Gasteiger charge is -2.47. The van der Waals surface area contributed by atoms with E-state index in [4.69, 9.17) is 28.4 Å². The number of quaternary nitrogens is 2. The highest BCUT2D eigenvalue weighted by molar-refractivity contribution is 5.67. The van der Waals surface area contributed by atoms with Crippen LogP contribution in [0.15, 0.2) is 60.7 Å². The average molecular weight is 739 g/mol. The van der Waals surface area contributed by atoms with E-state index >= 15 is 0 Å². The van der Waals surface area contributed by atoms with Crippen molar-refractivity contribution in [3.05, 3.63) is 94.0 Å². The molecule has 8 rings (SSSR count). The second-order valence-corrected chi connectivity index (χ2v) is 15.0. The van der Waals surface area contributed by atoms with Gasteiger partial charge in [-0.05, 0) is 64.7 Å². The molecule has 0 radical (unpaired) electrons. The molecule has 4 aliphatic rings. The molecular formula is C42H46N2O10. The van der Waals surface area contributed by atoms with E-state index < -0.39 is 18.0 Å². The maximum atomic E-state index is 12.4. The molecule has 4 heterocycles. The third kappa shape index (κ3) is 6.75. The summed E-state index contributed by atoms with van der Waals surface area (Å²) < 4.78 is 37.4. The van der Waals surface area contributed by atoms with Crippen molar-refractivity contribution in [2.24, 2.45) is 0 Å². The first-order valence-corrected chi connectivity index (χ1v) is 18.1. The van der Waals surface area contributed by atoms with Gasteiger partial charge in [0.05, 0.1) is 73.1 Å². The SMILES string of the molecule is COc1ccc2cc1Oc1ccc(cc1)C[C@H]1c3cc(c(OC)cc3CC[N+]1(C)CC(=O)[O-])Oc1c(OC)c(OC)cc3c1[C@H](C2)[N+](C)(CC(=O)[O-])CC3. The zero-order valence-electron chi connectivity index (χ0n) is 31.6. The maximum Gasteiger partial charge on any atom is 0.204 e. The van der Waals surface area contributed by atoms with Crippen molar-refractivity contribution >= 4 is 11.9 Å². The van der Waals surface area contributed by atoms with E-state index in [1.165, 1.54) is 0 Å². The molecule has 54 heavy (non-hydrogen) atoms. The summed E-state index contributed by atoms with van der Waals surface area (Å²) in [5.41, 5.74) is 5.59. The van der Waals surface area contributed by atoms with Crippen LogP contribution >= 0.6 is 0 Å². The van der Waals surface area contributed by atoms with Crippen LogP contribution in [0, 0.1) is 0 Å². The Morgan fingerprint density at radius 2 is 1.24 bits per heavy atom. The van der Waals surface area contributed by atoms with E-state index in [1.54, 1.807) is 28.4 Å². The van der Waals surface area contributed by atoms with Crippen molar-refractivity contribution in [2.45, 2.75) is 37.8 Å². The minimum atomic E-state index is -1.16. The van der Waals surface area contributed by atoms with Gasteiger partial charge in [-0.25, -0.2) is 0 Å². The van der Waals surface area contributed by atoms with Gasteiger partial charge in [-0.3, -0.25) is 0 Å². The standard InChI is InChI=1S/C42H46N2O10/c1-43(23-38(45)46)15-13-27-20-34(50-4)36-22-30(27)31(43)17-25-7-10-29(11-8-25)53-35-19-26(9-12-33(35)49-3)18-32-40-28(14-16-44(32,2)24-39(47)48)21-37(51-5)41(52-6)42(40)54-36/h7-12,19-22,31-32H,13-18,23-24H2,1-6H3/t31-,32-,43?,44?/m0/s1. The van der Waals surface area contributed by atoms with Crippen molar-refractivity contribution in [1.29, 1.82) is 0 Å². The van der Waals surface area contributed by atoms with Crippen LogP contribution in [0.25, 0.3) is 0 Å². The van der Waals surface area contributed by atoms with E-state index in [0.717, 1.165) is 33.4 Å². The van der Waals surface area contributed by atoms with Crippen LogP contribution in [0.2, 0.25) is 0 Å². The van der Waals surface area contributed by atoms with Gasteiger partial charge in [-0.1, -0.05) is 18.2 Å². The molecule has 12 nitrogen and oxygen atoms in total. The topological polar surface area (TPSA) is 136 Å². The minimum absolute atomic E-state index is 0.132. The highest BCUT2D eigenvalue weighted by Crippen LogP contribution is 2.53. The van der Waals surface area contributed by atoms with Crippen LogP contribution in [-0.2, 0) is 35.3 Å². The Hall–Kier alpha value is -5.46. The zero-order valence-corrected chi connectivity index (χ0v) is 31.6. The van der Waals surface area contributed by atoms with Crippen LogP contribution in [0.4, 0.5) is 0 Å². The number of ether oxygens (including phenoxy) is 6. The quantitative estimate of drug-likeness (QED) is 0.247. The minimum Gasteiger partial charge on any atom is -0.544 e. The van der Waals surface area contributed by atoms with Gasteiger partial charge in [0.25, 0.3) is 0 Å². The van der Waals surface area contributed by atoms with E-state index in [1.807, 2.05) is 74.8 Å². The number of benzene rings is 4. The Balaban J connectivity index is 1.52. The van der Waals surface area contributed by atoms with Gasteiger partial charge in [-0.15, -0.1) is 0 Å². The lowest BCUT2D eigenvalue weighted by atomic mass is 9.85. The van der Waals surface area contributed by atoms with Crippen molar-refractivity contribution < 1.29 is 57.2 Å². The van der Waals surface area contributed by atoms with Crippen molar-refractivity contribution in [2.75, 3.05) is 68.7 Å². The molecule has 0 aromatic heterocycles. The largest absolute Gasteiger partial charge is 0.544 e. The highest BCUT2D eigenvalue weighted by atomic mass is 16.5. The maximum absolute atomic E-state index is 12.4. The van der Waals surface area contributed by atoms with Gasteiger partial charge in [0.1, 0.15) is 30.9 Å².